The average Bonchev–Trinajstić information content (AvgIpc) is 3.03. The first-order valence-corrected chi connectivity index (χ1v) is 7.39. The van der Waals surface area contributed by atoms with Crippen molar-refractivity contribution in [2.75, 3.05) is 6.61 Å². The van der Waals surface area contributed by atoms with Gasteiger partial charge >= 0.3 is 5.97 Å². The van der Waals surface area contributed by atoms with Crippen LogP contribution in [0.4, 0.5) is 0 Å². The normalized spacial score (nSPS) is 29.4. The van der Waals surface area contributed by atoms with Gasteiger partial charge in [0.05, 0.1) is 6.61 Å². The van der Waals surface area contributed by atoms with Gasteiger partial charge < -0.3 is 10.5 Å². The van der Waals surface area contributed by atoms with Gasteiger partial charge in [0.1, 0.15) is 5.54 Å². The molecular weight excluding hydrogens is 252 g/mol. The number of nitrogens with zero attached hydrogens (tertiary/aromatic N) is 1. The molecule has 20 heavy (non-hydrogen) atoms. The van der Waals surface area contributed by atoms with Gasteiger partial charge in [-0.2, -0.15) is 0 Å². The van der Waals surface area contributed by atoms with E-state index in [-0.39, 0.29) is 5.97 Å². The zero-order valence-corrected chi connectivity index (χ0v) is 12.0. The predicted molar refractivity (Wildman–Crippen MR) is 76.9 cm³/mol. The van der Waals surface area contributed by atoms with Crippen molar-refractivity contribution in [2.45, 2.75) is 50.9 Å². The molecule has 0 aromatic heterocycles. The SMILES string of the molecule is CCOC(=O)C1(N)CCC(N2Cc3ccccc3C2)C1. The summed E-state index contributed by atoms with van der Waals surface area (Å²) in [5, 5.41) is 0. The van der Waals surface area contributed by atoms with E-state index in [9.17, 15) is 4.79 Å². The van der Waals surface area contributed by atoms with Crippen LogP contribution in [-0.2, 0) is 22.6 Å². The second-order valence-electron chi connectivity index (χ2n) is 5.95. The third-order valence-corrected chi connectivity index (χ3v) is 4.59. The molecule has 2 atom stereocenters. The Balaban J connectivity index is 1.66. The number of nitrogens with two attached hydrogens (primary N) is 1. The van der Waals surface area contributed by atoms with Gasteiger partial charge in [-0.1, -0.05) is 24.3 Å². The Bertz CT molecular complexity index is 492. The van der Waals surface area contributed by atoms with Gasteiger partial charge in [0.2, 0.25) is 0 Å². The Labute approximate surface area is 119 Å². The number of fused-ring (bicyclic) bond motifs is 1. The Morgan fingerprint density at radius 2 is 2.05 bits per heavy atom. The molecule has 4 heteroatoms. The standard InChI is InChI=1S/C16H22N2O2/c1-2-20-15(19)16(17)8-7-14(9-16)18-10-12-5-3-4-6-13(12)11-18/h3-6,14H,2,7-11,17H2,1H3. The largest absolute Gasteiger partial charge is 0.465 e. The highest BCUT2D eigenvalue weighted by Crippen LogP contribution is 2.36. The van der Waals surface area contributed by atoms with Gasteiger partial charge in [0.15, 0.2) is 0 Å². The summed E-state index contributed by atoms with van der Waals surface area (Å²) in [6, 6.07) is 8.93. The zero-order valence-electron chi connectivity index (χ0n) is 12.0. The molecule has 0 radical (unpaired) electrons. The van der Waals surface area contributed by atoms with Crippen LogP contribution in [0.15, 0.2) is 24.3 Å². The lowest BCUT2D eigenvalue weighted by molar-refractivity contribution is -0.149. The van der Waals surface area contributed by atoms with Crippen LogP contribution in [0, 0.1) is 0 Å². The number of esters is 1. The van der Waals surface area contributed by atoms with E-state index in [1.165, 1.54) is 11.1 Å². The number of carbonyl (C=O) groups is 1. The Morgan fingerprint density at radius 3 is 2.65 bits per heavy atom. The summed E-state index contributed by atoms with van der Waals surface area (Å²) < 4.78 is 5.12. The van der Waals surface area contributed by atoms with Crippen LogP contribution in [0.2, 0.25) is 0 Å². The molecule has 2 aliphatic rings. The van der Waals surface area contributed by atoms with Crippen LogP contribution in [0.1, 0.15) is 37.3 Å². The molecule has 1 fully saturated rings. The maximum atomic E-state index is 12.0. The zero-order chi connectivity index (χ0) is 14.2. The third-order valence-electron chi connectivity index (χ3n) is 4.59. The molecule has 2 N–H and O–H groups in total. The van der Waals surface area contributed by atoms with Crippen LogP contribution >= 0.6 is 0 Å². The summed E-state index contributed by atoms with van der Waals surface area (Å²) in [6.07, 6.45) is 2.41. The summed E-state index contributed by atoms with van der Waals surface area (Å²) in [5.74, 6) is -0.237. The topological polar surface area (TPSA) is 55.6 Å². The first-order chi connectivity index (χ1) is 9.62. The van der Waals surface area contributed by atoms with Gasteiger partial charge in [-0.05, 0) is 37.3 Å². The van der Waals surface area contributed by atoms with Gasteiger partial charge in [-0.3, -0.25) is 9.69 Å². The second-order valence-corrected chi connectivity index (χ2v) is 5.95. The van der Waals surface area contributed by atoms with E-state index in [0.717, 1.165) is 25.9 Å². The molecule has 1 aromatic rings. The summed E-state index contributed by atoms with van der Waals surface area (Å²) in [7, 11) is 0. The van der Waals surface area contributed by atoms with E-state index >= 15 is 0 Å². The van der Waals surface area contributed by atoms with Gasteiger partial charge in [-0.25, -0.2) is 0 Å². The van der Waals surface area contributed by atoms with Crippen LogP contribution in [-0.4, -0.2) is 29.1 Å². The highest BCUT2D eigenvalue weighted by atomic mass is 16.5. The molecule has 3 rings (SSSR count). The van der Waals surface area contributed by atoms with Crippen LogP contribution < -0.4 is 5.73 Å². The maximum absolute atomic E-state index is 12.0. The van der Waals surface area contributed by atoms with E-state index in [0.29, 0.717) is 19.1 Å². The van der Waals surface area contributed by atoms with Crippen LogP contribution in [0.5, 0.6) is 0 Å². The third kappa shape index (κ3) is 2.34. The van der Waals surface area contributed by atoms with Gasteiger partial charge in [-0.15, -0.1) is 0 Å². The van der Waals surface area contributed by atoms with Crippen LogP contribution in [0.25, 0.3) is 0 Å². The average molecular weight is 274 g/mol. The number of hydrogen-bond donors (Lipinski definition) is 1. The quantitative estimate of drug-likeness (QED) is 0.854. The number of carbonyl (C=O) groups excluding carboxylic acids is 1. The molecule has 1 saturated carbocycles. The van der Waals surface area contributed by atoms with Crippen molar-refractivity contribution in [1.29, 1.82) is 0 Å². The van der Waals surface area contributed by atoms with E-state index in [1.54, 1.807) is 0 Å². The fraction of sp³-hybridized carbons (Fsp3) is 0.562. The number of benzene rings is 1. The van der Waals surface area contributed by atoms with Crippen molar-refractivity contribution in [3.63, 3.8) is 0 Å². The molecule has 1 aliphatic carbocycles. The molecule has 0 bridgehead atoms. The van der Waals surface area contributed by atoms with Crippen LogP contribution in [0.3, 0.4) is 0 Å². The van der Waals surface area contributed by atoms with Gasteiger partial charge in [0.25, 0.3) is 0 Å². The summed E-state index contributed by atoms with van der Waals surface area (Å²) in [5.41, 5.74) is 8.27. The monoisotopic (exact) mass is 274 g/mol. The number of ether oxygens (including phenoxy) is 1. The fourth-order valence-corrected chi connectivity index (χ4v) is 3.44. The minimum absolute atomic E-state index is 0.237. The molecular formula is C16H22N2O2. The molecule has 0 spiro atoms. The van der Waals surface area contributed by atoms with E-state index < -0.39 is 5.54 Å². The summed E-state index contributed by atoms with van der Waals surface area (Å²) in [4.78, 5) is 14.4. The molecule has 2 unspecified atom stereocenters. The van der Waals surface area contributed by atoms with Crippen molar-refractivity contribution in [3.8, 4) is 0 Å². The van der Waals surface area contributed by atoms with Gasteiger partial charge in [0, 0.05) is 19.1 Å². The fourth-order valence-electron chi connectivity index (χ4n) is 3.44. The smallest absolute Gasteiger partial charge is 0.326 e. The lowest BCUT2D eigenvalue weighted by Gasteiger charge is -2.26. The minimum atomic E-state index is -0.782. The minimum Gasteiger partial charge on any atom is -0.465 e. The van der Waals surface area contributed by atoms with Crippen molar-refractivity contribution >= 4 is 5.97 Å². The van der Waals surface area contributed by atoms with E-state index in [2.05, 4.69) is 29.2 Å². The predicted octanol–water partition coefficient (Wildman–Crippen LogP) is 1.82. The molecule has 1 aliphatic heterocycles. The molecule has 0 amide bonds. The summed E-state index contributed by atoms with van der Waals surface area (Å²) in [6.45, 7) is 4.17. The molecule has 1 heterocycles. The highest BCUT2D eigenvalue weighted by Gasteiger charge is 2.45. The second kappa shape index (κ2) is 5.19. The molecule has 0 saturated heterocycles. The maximum Gasteiger partial charge on any atom is 0.326 e. The van der Waals surface area contributed by atoms with Crippen molar-refractivity contribution in [2.24, 2.45) is 5.73 Å². The molecule has 108 valence electrons. The lowest BCUT2D eigenvalue weighted by Crippen LogP contribution is -2.48. The Kier molecular flexibility index (Phi) is 3.52. The summed E-state index contributed by atoms with van der Waals surface area (Å²) >= 11 is 0. The first-order valence-electron chi connectivity index (χ1n) is 7.39. The molecule has 4 nitrogen and oxygen atoms in total. The number of rotatable bonds is 3. The Morgan fingerprint density at radius 1 is 1.40 bits per heavy atom. The van der Waals surface area contributed by atoms with E-state index in [4.69, 9.17) is 10.5 Å². The highest BCUT2D eigenvalue weighted by molar-refractivity contribution is 5.81. The number of hydrogen-bond acceptors (Lipinski definition) is 4. The van der Waals surface area contributed by atoms with Crippen molar-refractivity contribution < 1.29 is 9.53 Å². The van der Waals surface area contributed by atoms with Crippen molar-refractivity contribution in [3.05, 3.63) is 35.4 Å². The first kappa shape index (κ1) is 13.6. The Hall–Kier alpha value is -1.39. The molecule has 1 aromatic carbocycles. The lowest BCUT2D eigenvalue weighted by atomic mass is 9.99. The van der Waals surface area contributed by atoms with E-state index in [1.807, 2.05) is 6.92 Å². The van der Waals surface area contributed by atoms with Crippen molar-refractivity contribution in [1.82, 2.24) is 4.90 Å².